The number of H-pyrrole nitrogens is 1. The Labute approximate surface area is 147 Å². The average molecular weight is 347 g/mol. The Morgan fingerprint density at radius 2 is 2.12 bits per heavy atom. The number of thiophene rings is 1. The molecular formula is C18H26N4OS+2. The van der Waals surface area contributed by atoms with Crippen molar-refractivity contribution in [1.82, 2.24) is 4.90 Å². The summed E-state index contributed by atoms with van der Waals surface area (Å²) in [6.45, 7) is 7.39. The summed E-state index contributed by atoms with van der Waals surface area (Å²) in [5.74, 6) is 1.39. The molecule has 2 N–H and O–H groups in total. The third kappa shape index (κ3) is 4.13. The fourth-order valence-electron chi connectivity index (χ4n) is 3.04. The molecule has 5 nitrogen and oxygen atoms in total. The summed E-state index contributed by atoms with van der Waals surface area (Å²) < 4.78 is 0. The molecule has 24 heavy (non-hydrogen) atoms. The first-order chi connectivity index (χ1) is 11.6. The van der Waals surface area contributed by atoms with Crippen LogP contribution >= 0.6 is 11.3 Å². The molecule has 0 radical (unpaired) electrons. The number of quaternary nitrogens is 1. The Balaban J connectivity index is 1.47. The molecule has 128 valence electrons. The van der Waals surface area contributed by atoms with Gasteiger partial charge in [0, 0.05) is 18.0 Å². The minimum atomic E-state index is 0.234. The van der Waals surface area contributed by atoms with Crippen LogP contribution in [0.25, 0.3) is 0 Å². The highest BCUT2D eigenvalue weighted by molar-refractivity contribution is 7.10. The Morgan fingerprint density at radius 3 is 2.75 bits per heavy atom. The van der Waals surface area contributed by atoms with Gasteiger partial charge >= 0.3 is 0 Å². The largest absolute Gasteiger partial charge is 0.336 e. The van der Waals surface area contributed by atoms with Crippen molar-refractivity contribution in [1.29, 1.82) is 0 Å². The maximum absolute atomic E-state index is 12.5. The number of amides is 1. The third-order valence-electron chi connectivity index (χ3n) is 4.68. The van der Waals surface area contributed by atoms with Crippen molar-refractivity contribution in [3.8, 4) is 0 Å². The van der Waals surface area contributed by atoms with Gasteiger partial charge in [-0.1, -0.05) is 6.07 Å². The average Bonchev–Trinajstić information content (AvgIpc) is 3.01. The van der Waals surface area contributed by atoms with Gasteiger partial charge in [-0.3, -0.25) is 9.69 Å². The predicted molar refractivity (Wildman–Crippen MR) is 96.3 cm³/mol. The van der Waals surface area contributed by atoms with Crippen LogP contribution in [0.2, 0.25) is 0 Å². The van der Waals surface area contributed by atoms with Crippen molar-refractivity contribution in [3.05, 3.63) is 46.3 Å². The van der Waals surface area contributed by atoms with Gasteiger partial charge in [0.1, 0.15) is 26.2 Å². The highest BCUT2D eigenvalue weighted by Crippen LogP contribution is 2.17. The summed E-state index contributed by atoms with van der Waals surface area (Å²) in [5, 5.41) is 2.09. The summed E-state index contributed by atoms with van der Waals surface area (Å²) in [5.41, 5.74) is 1.28. The van der Waals surface area contributed by atoms with E-state index in [4.69, 9.17) is 0 Å². The van der Waals surface area contributed by atoms with Crippen molar-refractivity contribution in [2.45, 2.75) is 13.5 Å². The van der Waals surface area contributed by atoms with Crippen LogP contribution in [-0.2, 0) is 11.3 Å². The minimum Gasteiger partial charge on any atom is -0.336 e. The third-order valence-corrected chi connectivity index (χ3v) is 5.69. The molecule has 6 heteroatoms. The lowest BCUT2D eigenvalue weighted by atomic mass is 10.2. The number of pyridine rings is 1. The summed E-state index contributed by atoms with van der Waals surface area (Å²) in [4.78, 5) is 22.7. The molecule has 0 saturated carbocycles. The normalized spacial score (nSPS) is 15.5. The Bertz CT molecular complexity index is 665. The van der Waals surface area contributed by atoms with Crippen LogP contribution in [0.1, 0.15) is 10.4 Å². The van der Waals surface area contributed by atoms with E-state index < -0.39 is 0 Å². The number of carbonyl (C=O) groups excluding carboxylic acids is 1. The smallest absolute Gasteiger partial charge is 0.277 e. The summed E-state index contributed by atoms with van der Waals surface area (Å²) >= 11 is 1.73. The lowest BCUT2D eigenvalue weighted by molar-refractivity contribution is -0.892. The van der Waals surface area contributed by atoms with Crippen LogP contribution < -0.4 is 14.8 Å². The van der Waals surface area contributed by atoms with Gasteiger partial charge in [0.05, 0.1) is 12.7 Å². The maximum atomic E-state index is 12.5. The van der Waals surface area contributed by atoms with E-state index in [0.29, 0.717) is 6.54 Å². The number of carbonyl (C=O) groups is 1. The van der Waals surface area contributed by atoms with E-state index in [0.717, 1.165) is 38.5 Å². The molecule has 2 aromatic rings. The van der Waals surface area contributed by atoms with Gasteiger partial charge in [-0.05, 0) is 30.0 Å². The second-order valence-electron chi connectivity index (χ2n) is 6.44. The first-order valence-electron chi connectivity index (χ1n) is 8.45. The molecule has 1 aliphatic heterocycles. The number of nitrogens with zero attached hydrogens (tertiary/aromatic N) is 2. The molecule has 1 amide bonds. The number of likely N-dealkylation sites (N-methyl/N-ethyl adjacent to an activating group) is 1. The quantitative estimate of drug-likeness (QED) is 0.842. The molecule has 0 bridgehead atoms. The van der Waals surface area contributed by atoms with Crippen LogP contribution in [-0.4, -0.2) is 50.6 Å². The van der Waals surface area contributed by atoms with E-state index in [1.165, 1.54) is 15.3 Å². The molecular weight excluding hydrogens is 320 g/mol. The molecule has 0 atom stereocenters. The predicted octanol–water partition coefficient (Wildman–Crippen LogP) is 0.234. The van der Waals surface area contributed by atoms with E-state index in [1.807, 2.05) is 24.2 Å². The van der Waals surface area contributed by atoms with E-state index >= 15 is 0 Å². The molecule has 3 rings (SSSR count). The highest BCUT2D eigenvalue weighted by atomic mass is 32.1. The first kappa shape index (κ1) is 16.9. The zero-order valence-corrected chi connectivity index (χ0v) is 15.2. The van der Waals surface area contributed by atoms with Crippen molar-refractivity contribution < 1.29 is 14.7 Å². The number of piperazine rings is 1. The molecule has 1 fully saturated rings. The fourth-order valence-corrected chi connectivity index (χ4v) is 4.00. The summed E-state index contributed by atoms with van der Waals surface area (Å²) in [7, 11) is 1.91. The van der Waals surface area contributed by atoms with Crippen molar-refractivity contribution in [3.63, 3.8) is 0 Å². The molecule has 0 aromatic carbocycles. The van der Waals surface area contributed by atoms with Gasteiger partial charge < -0.3 is 9.80 Å². The summed E-state index contributed by atoms with van der Waals surface area (Å²) in [6.07, 6.45) is 1.96. The molecule has 0 spiro atoms. The van der Waals surface area contributed by atoms with E-state index in [-0.39, 0.29) is 5.91 Å². The minimum absolute atomic E-state index is 0.234. The second kappa shape index (κ2) is 7.77. The molecule has 0 aliphatic carbocycles. The standard InChI is InChI=1S/C18H24N4OS/c1-15-6-12-24-16(15)13-20(2)18(23)14-21-8-10-22(11-9-21)17-5-3-4-7-19-17/h3-7,12H,8-11,13-14H2,1-2H3/p+2. The second-order valence-corrected chi connectivity index (χ2v) is 7.44. The van der Waals surface area contributed by atoms with Gasteiger partial charge in [-0.2, -0.15) is 0 Å². The van der Waals surface area contributed by atoms with Gasteiger partial charge in [-0.15, -0.1) is 11.3 Å². The first-order valence-corrected chi connectivity index (χ1v) is 9.33. The van der Waals surface area contributed by atoms with Crippen LogP contribution in [0.5, 0.6) is 0 Å². The molecule has 3 heterocycles. The van der Waals surface area contributed by atoms with Gasteiger partial charge in [0.2, 0.25) is 0 Å². The molecule has 2 aromatic heterocycles. The zero-order valence-electron chi connectivity index (χ0n) is 14.4. The van der Waals surface area contributed by atoms with Crippen molar-refractivity contribution in [2.24, 2.45) is 0 Å². The fraction of sp³-hybridized carbons (Fsp3) is 0.444. The lowest BCUT2D eigenvalue weighted by Crippen LogP contribution is -3.15. The number of nitrogens with one attached hydrogen (secondary N) is 2. The number of aryl methyl sites for hydroxylation is 1. The van der Waals surface area contributed by atoms with Crippen molar-refractivity contribution in [2.75, 3.05) is 44.7 Å². The molecule has 0 unspecified atom stereocenters. The number of hydrogen-bond donors (Lipinski definition) is 1. The number of rotatable bonds is 5. The van der Waals surface area contributed by atoms with E-state index in [9.17, 15) is 4.79 Å². The SMILES string of the molecule is Cc1ccsc1CN(C)C(=O)C[NH+]1CCN(c2cccc[nH+]2)CC1. The Hall–Kier alpha value is -1.92. The van der Waals surface area contributed by atoms with Gasteiger partial charge in [0.15, 0.2) is 6.54 Å². The van der Waals surface area contributed by atoms with Gasteiger partial charge in [-0.25, -0.2) is 4.98 Å². The summed E-state index contributed by atoms with van der Waals surface area (Å²) in [6, 6.07) is 8.27. The van der Waals surface area contributed by atoms with E-state index in [2.05, 4.69) is 40.4 Å². The Kier molecular flexibility index (Phi) is 5.48. The highest BCUT2D eigenvalue weighted by Gasteiger charge is 2.28. The van der Waals surface area contributed by atoms with Crippen LogP contribution in [0, 0.1) is 6.92 Å². The van der Waals surface area contributed by atoms with Crippen LogP contribution in [0.4, 0.5) is 5.82 Å². The topological polar surface area (TPSA) is 42.1 Å². The van der Waals surface area contributed by atoms with Crippen molar-refractivity contribution >= 4 is 23.1 Å². The van der Waals surface area contributed by atoms with Crippen LogP contribution in [0.15, 0.2) is 35.8 Å². The maximum Gasteiger partial charge on any atom is 0.277 e. The zero-order chi connectivity index (χ0) is 16.9. The Morgan fingerprint density at radius 1 is 1.33 bits per heavy atom. The molecule has 1 aliphatic rings. The number of aromatic amines is 1. The van der Waals surface area contributed by atoms with Gasteiger partial charge in [0.25, 0.3) is 11.7 Å². The molecule has 1 saturated heterocycles. The monoisotopic (exact) mass is 346 g/mol. The number of hydrogen-bond acceptors (Lipinski definition) is 3. The number of anilines is 1. The van der Waals surface area contributed by atoms with E-state index in [1.54, 1.807) is 11.3 Å². The number of aromatic nitrogens is 1. The van der Waals surface area contributed by atoms with Crippen LogP contribution in [0.3, 0.4) is 0 Å². The lowest BCUT2D eigenvalue weighted by Gasteiger charge is -2.29.